The third-order valence-electron chi connectivity index (χ3n) is 20.4. The number of benzene rings is 5. The zero-order chi connectivity index (χ0) is 76.8. The minimum atomic E-state index is -6.11. The number of unbranched alkanes of at least 4 members (excludes halogenated alkanes) is 3. The van der Waals surface area contributed by atoms with Crippen LogP contribution in [0.25, 0.3) is 16.0 Å². The van der Waals surface area contributed by atoms with Crippen LogP contribution in [0.1, 0.15) is 138 Å². The summed E-state index contributed by atoms with van der Waals surface area (Å²) in [5.41, 5.74) is 1.84. The van der Waals surface area contributed by atoms with Crippen LogP contribution in [-0.4, -0.2) is 185 Å². The van der Waals surface area contributed by atoms with Gasteiger partial charge in [-0.15, -0.1) is 23.1 Å². The Bertz CT molecular complexity index is 4330. The molecule has 1 aliphatic carbocycles. The number of nitrogens with one attached hydrogen (secondary N) is 5. The Labute approximate surface area is 639 Å². The highest BCUT2D eigenvalue weighted by atomic mass is 35.5. The molecule has 3 saturated heterocycles. The zero-order valence-corrected chi connectivity index (χ0v) is 65.4. The number of β-amino-alcohol motifs (C(OH)–C–C–N with tert-alkyl or cyclic N) is 1. The summed E-state index contributed by atoms with van der Waals surface area (Å²) in [5, 5.41) is 23.6. The van der Waals surface area contributed by atoms with Crippen LogP contribution < -0.4 is 30.9 Å². The van der Waals surface area contributed by atoms with Crippen molar-refractivity contribution in [3.63, 3.8) is 0 Å². The Kier molecular flexibility index (Phi) is 27.9. The molecule has 4 aliphatic rings. The summed E-state index contributed by atoms with van der Waals surface area (Å²) in [7, 11) is -11.0. The highest BCUT2D eigenvalue weighted by Gasteiger charge is 2.49. The summed E-state index contributed by atoms with van der Waals surface area (Å²) in [4.78, 5) is 80.9. The maximum absolute atomic E-state index is 14.4. The number of aryl methyl sites for hydroxylation is 1. The Morgan fingerprint density at radius 3 is 2.11 bits per heavy atom. The van der Waals surface area contributed by atoms with Crippen molar-refractivity contribution in [1.29, 1.82) is 0 Å². The number of likely N-dealkylation sites (tertiary alicyclic amines) is 1. The standard InChI is InChI=1S/C78H98ClF3N10O11S4/c1-52(54-18-20-56(21-19-54)71-53(2)84-51-105-71)85-74(97)67-44-62(93)48-92(67)75(98)72(76(3,4)5)87-70(95)17-13-8-7-12-16-69(94)83-50-77(6)34-32-65(55-22-26-59(79)27-23-55)58(46-77)47-90-36-38-91(39-37-90)61-28-24-57(25-29-61)73(96)88-107(101,102)64-30-31-66(68(45-64)106(99,100)78(80,81)82)86-60(33-35-89-40-42-103-43-41-89)49-104-63-14-10-9-11-15-63/h9-11,14-15,18-31,45,51-52,60,62,67,72,86,93H,7-8,12-13,16-17,32-44,46-50H2,1-6H3,(H,83,94)(H,85,97)(H,87,95)(H,88,96). The summed E-state index contributed by atoms with van der Waals surface area (Å²) in [6, 6.07) is 30.9. The smallest absolute Gasteiger partial charge is 0.391 e. The number of piperazine rings is 1. The number of aliphatic hydroxyl groups is 1. The van der Waals surface area contributed by atoms with Gasteiger partial charge < -0.3 is 40.9 Å². The average Bonchev–Trinajstić information content (AvgIpc) is 1.40. The first kappa shape index (κ1) is 82.1. The predicted octanol–water partition coefficient (Wildman–Crippen LogP) is 12.1. The van der Waals surface area contributed by atoms with Gasteiger partial charge in [-0.1, -0.05) is 112 Å². The van der Waals surface area contributed by atoms with Crippen molar-refractivity contribution in [3.05, 3.63) is 160 Å². The molecule has 4 heterocycles. The predicted molar refractivity (Wildman–Crippen MR) is 413 cm³/mol. The Morgan fingerprint density at radius 1 is 0.804 bits per heavy atom. The van der Waals surface area contributed by atoms with E-state index in [0.717, 1.165) is 75.7 Å². The largest absolute Gasteiger partial charge is 0.501 e. The van der Waals surface area contributed by atoms with E-state index < -0.39 is 82.3 Å². The van der Waals surface area contributed by atoms with E-state index in [1.54, 1.807) is 29.0 Å². The SMILES string of the molecule is Cc1ncsc1-c1ccc(C(C)NC(=O)C2CC(O)CN2C(=O)C(NC(=O)CCCCCCC(=O)NCC2(C)CCC(c3ccc(Cl)cc3)=C(CN3CCN(c4ccc(C(=O)NS(=O)(=O)c5ccc(NC(CCN6CCOCC6)CSc6ccccc6)c(S(=O)(=O)C(F)(F)F)c5)cc4)CC3)C2)C(C)(C)C)cc1. The monoisotopic (exact) mass is 1570 g/mol. The van der Waals surface area contributed by atoms with Gasteiger partial charge in [0.2, 0.25) is 23.6 Å². The number of thioether (sulfide) groups is 1. The number of thiazole rings is 1. The van der Waals surface area contributed by atoms with Gasteiger partial charge in [0.05, 0.1) is 52.0 Å². The second kappa shape index (κ2) is 36.4. The number of amides is 5. The van der Waals surface area contributed by atoms with E-state index in [9.17, 15) is 59.1 Å². The fourth-order valence-electron chi connectivity index (χ4n) is 14.1. The molecule has 21 nitrogen and oxygen atoms in total. The first-order valence-corrected chi connectivity index (χ1v) is 41.7. The van der Waals surface area contributed by atoms with Gasteiger partial charge in [-0.3, -0.25) is 33.8 Å². The second-order valence-electron chi connectivity index (χ2n) is 29.7. The van der Waals surface area contributed by atoms with Crippen LogP contribution in [0.2, 0.25) is 5.02 Å². The third kappa shape index (κ3) is 22.2. The lowest BCUT2D eigenvalue weighted by Gasteiger charge is -2.41. The number of sulfone groups is 1. The van der Waals surface area contributed by atoms with Crippen LogP contribution in [0.3, 0.4) is 0 Å². The highest BCUT2D eigenvalue weighted by molar-refractivity contribution is 7.99. The molecule has 0 saturated carbocycles. The van der Waals surface area contributed by atoms with Crippen molar-refractivity contribution in [3.8, 4) is 10.4 Å². The van der Waals surface area contributed by atoms with E-state index in [4.69, 9.17) is 16.3 Å². The number of aromatic nitrogens is 1. The molecule has 10 rings (SSSR count). The molecule has 6 aromatic rings. The number of alkyl halides is 3. The van der Waals surface area contributed by atoms with Gasteiger partial charge in [0, 0.05) is 118 Å². The number of nitrogens with zero attached hydrogens (tertiary/aromatic N) is 5. The molecule has 0 spiro atoms. The maximum Gasteiger partial charge on any atom is 0.501 e. The number of morpholine rings is 1. The summed E-state index contributed by atoms with van der Waals surface area (Å²) >= 11 is 9.35. The van der Waals surface area contributed by atoms with E-state index in [0.29, 0.717) is 121 Å². The Hall–Kier alpha value is -7.41. The minimum Gasteiger partial charge on any atom is -0.391 e. The fourth-order valence-corrected chi connectivity index (χ4v) is 18.1. The molecular weight excluding hydrogens is 1470 g/mol. The van der Waals surface area contributed by atoms with Gasteiger partial charge in [-0.05, 0) is 152 Å². The van der Waals surface area contributed by atoms with Gasteiger partial charge >= 0.3 is 5.51 Å². The number of carbonyl (C=O) groups excluding carboxylic acids is 5. The van der Waals surface area contributed by atoms with Crippen LogP contribution in [0.4, 0.5) is 24.5 Å². The third-order valence-corrected chi connectivity index (χ3v) is 25.6. The Balaban J connectivity index is 0.677. The number of anilines is 2. The van der Waals surface area contributed by atoms with Crippen LogP contribution in [0, 0.1) is 17.8 Å². The number of rotatable bonds is 31. The summed E-state index contributed by atoms with van der Waals surface area (Å²) < 4.78 is 105. The molecule has 29 heteroatoms. The van der Waals surface area contributed by atoms with Crippen LogP contribution in [-0.2, 0) is 43.8 Å². The van der Waals surface area contributed by atoms with E-state index in [1.807, 2.05) is 118 Å². The minimum absolute atomic E-state index is 0.0331. The lowest BCUT2D eigenvalue weighted by atomic mass is 9.71. The molecule has 5 aromatic carbocycles. The molecule has 6 atom stereocenters. The van der Waals surface area contributed by atoms with Gasteiger partial charge in [0.15, 0.2) is 0 Å². The van der Waals surface area contributed by atoms with Gasteiger partial charge in [-0.25, -0.2) is 26.5 Å². The van der Waals surface area contributed by atoms with Crippen molar-refractivity contribution in [1.82, 2.24) is 40.4 Å². The van der Waals surface area contributed by atoms with Gasteiger partial charge in [0.25, 0.3) is 25.8 Å². The van der Waals surface area contributed by atoms with Gasteiger partial charge in [-0.2, -0.15) is 13.2 Å². The van der Waals surface area contributed by atoms with Crippen molar-refractivity contribution >= 4 is 101 Å². The molecule has 6 N–H and O–H groups in total. The highest BCUT2D eigenvalue weighted by Crippen LogP contribution is 2.44. The number of carbonyl (C=O) groups is 5. The number of hydrogen-bond acceptors (Lipinski definition) is 18. The normalized spacial score (nSPS) is 19.4. The van der Waals surface area contributed by atoms with Crippen LogP contribution in [0.5, 0.6) is 0 Å². The van der Waals surface area contributed by atoms with Gasteiger partial charge in [0.1, 0.15) is 17.0 Å². The fraction of sp³-hybridized carbons (Fsp3) is 0.487. The molecule has 5 amide bonds. The first-order chi connectivity index (χ1) is 50.8. The molecular formula is C78H98ClF3N10O11S4. The van der Waals surface area contributed by atoms with Crippen molar-refractivity contribution in [2.24, 2.45) is 10.8 Å². The molecule has 1 aromatic heterocycles. The lowest BCUT2D eigenvalue weighted by molar-refractivity contribution is -0.144. The van der Waals surface area contributed by atoms with Crippen LogP contribution >= 0.6 is 34.7 Å². The van der Waals surface area contributed by atoms with Crippen molar-refractivity contribution in [2.45, 2.75) is 163 Å². The summed E-state index contributed by atoms with van der Waals surface area (Å²) in [5.74, 6) is -1.89. The van der Waals surface area contributed by atoms with E-state index in [-0.39, 0.29) is 54.1 Å². The number of aliphatic hydroxyl groups excluding tert-OH is 1. The number of allylic oxidation sites excluding steroid dienone is 1. The molecule has 107 heavy (non-hydrogen) atoms. The molecule has 0 bridgehead atoms. The maximum atomic E-state index is 14.4. The van der Waals surface area contributed by atoms with Crippen molar-refractivity contribution < 1.29 is 63.8 Å². The molecule has 0 radical (unpaired) electrons. The first-order valence-electron chi connectivity index (χ1n) is 36.5. The Morgan fingerprint density at radius 2 is 1.47 bits per heavy atom. The molecule has 3 aliphatic heterocycles. The lowest BCUT2D eigenvalue weighted by Crippen LogP contribution is -2.57. The summed E-state index contributed by atoms with van der Waals surface area (Å²) in [6.45, 7) is 18.3. The molecule has 578 valence electrons. The number of ether oxygens (including phenoxy) is 1. The topological polar surface area (TPSA) is 269 Å². The van der Waals surface area contributed by atoms with E-state index in [1.165, 1.54) is 39.9 Å². The molecule has 6 unspecified atom stereocenters. The quantitative estimate of drug-likeness (QED) is 0.0174. The van der Waals surface area contributed by atoms with Crippen molar-refractivity contribution in [2.75, 3.05) is 94.6 Å². The van der Waals surface area contributed by atoms with Crippen LogP contribution in [0.15, 0.2) is 147 Å². The zero-order valence-electron chi connectivity index (χ0n) is 61.4. The number of hydrogen-bond donors (Lipinski definition) is 6. The molecule has 3 fully saturated rings. The second-order valence-corrected chi connectivity index (χ2v) is 35.7. The summed E-state index contributed by atoms with van der Waals surface area (Å²) in [6.07, 6.45) is 5.06. The number of sulfonamides is 1. The number of halogens is 4. The average molecular weight is 1570 g/mol. The van der Waals surface area contributed by atoms with E-state index >= 15 is 0 Å². The van der Waals surface area contributed by atoms with E-state index in [2.05, 4.69) is 47.9 Å².